The maximum atomic E-state index is 11.8. The number of carbonyl (C=O) groups is 2. The summed E-state index contributed by atoms with van der Waals surface area (Å²) in [6, 6.07) is 3.07. The van der Waals surface area contributed by atoms with Gasteiger partial charge in [-0.2, -0.15) is 0 Å². The minimum Gasteiger partial charge on any atom is -0.486 e. The van der Waals surface area contributed by atoms with Crippen molar-refractivity contribution in [3.05, 3.63) is 22.2 Å². The van der Waals surface area contributed by atoms with Crippen LogP contribution in [0.2, 0.25) is 0 Å². The van der Waals surface area contributed by atoms with Gasteiger partial charge in [0.05, 0.1) is 6.04 Å². The fraction of sp³-hybridized carbons (Fsp3) is 0.467. The number of halogens is 1. The molecule has 1 heterocycles. The van der Waals surface area contributed by atoms with Gasteiger partial charge in [-0.25, -0.2) is 4.79 Å². The maximum Gasteiger partial charge on any atom is 0.315 e. The van der Waals surface area contributed by atoms with Gasteiger partial charge in [-0.3, -0.25) is 4.79 Å². The molecule has 2 amide bonds. The molecule has 1 aliphatic heterocycles. The number of carboxylic acid groups (broad SMARTS) is 1. The Morgan fingerprint density at radius 3 is 2.61 bits per heavy atom. The second-order valence-electron chi connectivity index (χ2n) is 5.14. The van der Waals surface area contributed by atoms with Crippen LogP contribution >= 0.6 is 15.9 Å². The number of ether oxygens (including phenoxy) is 2. The van der Waals surface area contributed by atoms with Crippen molar-refractivity contribution in [2.45, 2.75) is 25.8 Å². The summed E-state index contributed by atoms with van der Waals surface area (Å²) in [4.78, 5) is 22.2. The van der Waals surface area contributed by atoms with Crippen LogP contribution in [0.3, 0.4) is 0 Å². The number of benzene rings is 1. The first-order valence-electron chi connectivity index (χ1n) is 7.32. The van der Waals surface area contributed by atoms with Gasteiger partial charge in [-0.15, -0.1) is 0 Å². The van der Waals surface area contributed by atoms with Crippen molar-refractivity contribution in [2.75, 3.05) is 19.8 Å². The molecule has 0 fully saturated rings. The van der Waals surface area contributed by atoms with E-state index < -0.39 is 5.97 Å². The quantitative estimate of drug-likeness (QED) is 0.652. The van der Waals surface area contributed by atoms with Gasteiger partial charge >= 0.3 is 12.0 Å². The first-order valence-corrected chi connectivity index (χ1v) is 8.12. The highest BCUT2D eigenvalue weighted by molar-refractivity contribution is 9.10. The van der Waals surface area contributed by atoms with Crippen LogP contribution in [0, 0.1) is 0 Å². The molecule has 8 heteroatoms. The predicted octanol–water partition coefficient (Wildman–Crippen LogP) is 2.45. The number of hydrogen-bond donors (Lipinski definition) is 3. The Bertz CT molecular complexity index is 593. The van der Waals surface area contributed by atoms with E-state index in [0.29, 0.717) is 37.7 Å². The van der Waals surface area contributed by atoms with Crippen molar-refractivity contribution in [2.24, 2.45) is 0 Å². The first kappa shape index (κ1) is 17.4. The molecule has 0 radical (unpaired) electrons. The predicted molar refractivity (Wildman–Crippen MR) is 87.0 cm³/mol. The van der Waals surface area contributed by atoms with E-state index in [1.54, 1.807) is 0 Å². The minimum atomic E-state index is -0.874. The lowest BCUT2D eigenvalue weighted by Crippen LogP contribution is -2.37. The smallest absolute Gasteiger partial charge is 0.315 e. The van der Waals surface area contributed by atoms with Crippen molar-refractivity contribution >= 4 is 27.9 Å². The van der Waals surface area contributed by atoms with E-state index >= 15 is 0 Å². The molecule has 0 bridgehead atoms. The van der Waals surface area contributed by atoms with E-state index in [1.165, 1.54) is 0 Å². The summed E-state index contributed by atoms with van der Waals surface area (Å²) in [6.07, 6.45) is 0.425. The van der Waals surface area contributed by atoms with Gasteiger partial charge in [-0.05, 0) is 31.0 Å². The van der Waals surface area contributed by atoms with Crippen LogP contribution in [0.5, 0.6) is 11.5 Å². The Balaban J connectivity index is 1.91. The van der Waals surface area contributed by atoms with Crippen molar-refractivity contribution in [1.29, 1.82) is 0 Å². The Hall–Kier alpha value is -1.96. The molecule has 23 heavy (non-hydrogen) atoms. The average Bonchev–Trinajstić information content (AvgIpc) is 2.50. The van der Waals surface area contributed by atoms with Crippen LogP contribution in [0.15, 0.2) is 16.6 Å². The largest absolute Gasteiger partial charge is 0.486 e. The van der Waals surface area contributed by atoms with Crippen LogP contribution in [0.25, 0.3) is 0 Å². The Kier molecular flexibility index (Phi) is 6.09. The summed E-state index contributed by atoms with van der Waals surface area (Å²) in [7, 11) is 0. The Labute approximate surface area is 142 Å². The molecule has 3 N–H and O–H groups in total. The molecule has 0 saturated carbocycles. The standard InChI is InChI=1S/C15H19BrN2O5/c1-9(18-15(21)17-4-2-3-14(19)20)10-7-12-13(8-11(10)16)23-6-5-22-12/h7-9H,2-6H2,1H3,(H,19,20)(H2,17,18,21). The van der Waals surface area contributed by atoms with Gasteiger partial charge in [0.1, 0.15) is 13.2 Å². The highest BCUT2D eigenvalue weighted by Gasteiger charge is 2.19. The molecule has 1 aromatic rings. The summed E-state index contributed by atoms with van der Waals surface area (Å²) in [5, 5.41) is 14.0. The third-order valence-electron chi connectivity index (χ3n) is 3.33. The monoisotopic (exact) mass is 386 g/mol. The third-order valence-corrected chi connectivity index (χ3v) is 4.02. The molecular weight excluding hydrogens is 368 g/mol. The van der Waals surface area contributed by atoms with Crippen molar-refractivity contribution in [3.63, 3.8) is 0 Å². The summed E-state index contributed by atoms with van der Waals surface area (Å²) in [5.41, 5.74) is 0.870. The third kappa shape index (κ3) is 5.02. The molecule has 0 spiro atoms. The molecule has 1 aliphatic rings. The number of fused-ring (bicyclic) bond motifs is 1. The molecule has 1 atom stereocenters. The summed E-state index contributed by atoms with van der Waals surface area (Å²) in [6.45, 7) is 3.19. The second-order valence-corrected chi connectivity index (χ2v) is 5.99. The molecular formula is C15H19BrN2O5. The van der Waals surface area contributed by atoms with E-state index in [9.17, 15) is 9.59 Å². The number of carbonyl (C=O) groups excluding carboxylic acids is 1. The zero-order valence-corrected chi connectivity index (χ0v) is 14.3. The number of nitrogens with one attached hydrogen (secondary N) is 2. The SMILES string of the molecule is CC(NC(=O)NCCCC(=O)O)c1cc2c(cc1Br)OCCO2. The lowest BCUT2D eigenvalue weighted by molar-refractivity contribution is -0.137. The van der Waals surface area contributed by atoms with E-state index in [0.717, 1.165) is 10.0 Å². The van der Waals surface area contributed by atoms with Crippen molar-refractivity contribution in [3.8, 4) is 11.5 Å². The van der Waals surface area contributed by atoms with Gasteiger partial charge in [-0.1, -0.05) is 15.9 Å². The topological polar surface area (TPSA) is 96.9 Å². The van der Waals surface area contributed by atoms with Crippen LogP contribution < -0.4 is 20.1 Å². The lowest BCUT2D eigenvalue weighted by Gasteiger charge is -2.22. The highest BCUT2D eigenvalue weighted by Crippen LogP contribution is 2.37. The van der Waals surface area contributed by atoms with E-state index in [2.05, 4.69) is 26.6 Å². The zero-order chi connectivity index (χ0) is 16.8. The van der Waals surface area contributed by atoms with Crippen molar-refractivity contribution < 1.29 is 24.2 Å². The Morgan fingerprint density at radius 2 is 1.96 bits per heavy atom. The molecule has 2 rings (SSSR count). The van der Waals surface area contributed by atoms with E-state index in [4.69, 9.17) is 14.6 Å². The lowest BCUT2D eigenvalue weighted by atomic mass is 10.1. The van der Waals surface area contributed by atoms with Gasteiger partial charge < -0.3 is 25.2 Å². The fourth-order valence-electron chi connectivity index (χ4n) is 2.18. The van der Waals surface area contributed by atoms with Crippen LogP contribution in [0.4, 0.5) is 4.79 Å². The highest BCUT2D eigenvalue weighted by atomic mass is 79.9. The molecule has 0 aromatic heterocycles. The number of rotatable bonds is 6. The van der Waals surface area contributed by atoms with E-state index in [-0.39, 0.29) is 18.5 Å². The molecule has 0 aliphatic carbocycles. The zero-order valence-electron chi connectivity index (χ0n) is 12.7. The number of hydrogen-bond acceptors (Lipinski definition) is 4. The molecule has 1 unspecified atom stereocenters. The van der Waals surface area contributed by atoms with Gasteiger partial charge in [0.15, 0.2) is 11.5 Å². The van der Waals surface area contributed by atoms with Crippen LogP contribution in [0.1, 0.15) is 31.4 Å². The average molecular weight is 387 g/mol. The number of amides is 2. The van der Waals surface area contributed by atoms with E-state index in [1.807, 2.05) is 19.1 Å². The Morgan fingerprint density at radius 1 is 1.30 bits per heavy atom. The van der Waals surface area contributed by atoms with Crippen molar-refractivity contribution in [1.82, 2.24) is 10.6 Å². The van der Waals surface area contributed by atoms with Gasteiger partial charge in [0, 0.05) is 17.4 Å². The molecule has 126 valence electrons. The normalized spacial score (nSPS) is 14.0. The second kappa shape index (κ2) is 8.05. The van der Waals surface area contributed by atoms with Gasteiger partial charge in [0.25, 0.3) is 0 Å². The van der Waals surface area contributed by atoms with Crippen LogP contribution in [-0.4, -0.2) is 36.9 Å². The number of carboxylic acids is 1. The number of urea groups is 1. The minimum absolute atomic E-state index is 0.0313. The molecule has 7 nitrogen and oxygen atoms in total. The number of aliphatic carboxylic acids is 1. The molecule has 0 saturated heterocycles. The maximum absolute atomic E-state index is 11.8. The molecule has 1 aromatic carbocycles. The van der Waals surface area contributed by atoms with Crippen LogP contribution in [-0.2, 0) is 4.79 Å². The summed E-state index contributed by atoms with van der Waals surface area (Å²) >= 11 is 3.47. The fourth-order valence-corrected chi connectivity index (χ4v) is 2.84. The summed E-state index contributed by atoms with van der Waals surface area (Å²) in [5.74, 6) is 0.461. The first-order chi connectivity index (χ1) is 11.0. The van der Waals surface area contributed by atoms with Gasteiger partial charge in [0.2, 0.25) is 0 Å². The summed E-state index contributed by atoms with van der Waals surface area (Å²) < 4.78 is 11.9.